The lowest BCUT2D eigenvalue weighted by atomic mass is 10.1. The standard InChI is InChI=1S/C7H13BrO/c1-3-7(9)5-4-6(2)8/h6H,3-5H2,1-2H3. The van der Waals surface area contributed by atoms with E-state index in [1.807, 2.05) is 6.92 Å². The number of rotatable bonds is 4. The number of hydrogen-bond donors (Lipinski definition) is 0. The van der Waals surface area contributed by atoms with E-state index in [0.717, 1.165) is 12.8 Å². The maximum absolute atomic E-state index is 10.7. The first-order valence-corrected chi connectivity index (χ1v) is 4.24. The molecule has 0 aromatic carbocycles. The molecule has 0 fully saturated rings. The molecule has 0 rings (SSSR count). The predicted octanol–water partition coefficient (Wildman–Crippen LogP) is 2.53. The van der Waals surface area contributed by atoms with E-state index in [0.29, 0.717) is 17.0 Å². The van der Waals surface area contributed by atoms with Crippen LogP contribution in [0.25, 0.3) is 0 Å². The average Bonchev–Trinajstić information content (AvgIpc) is 1.83. The Morgan fingerprint density at radius 1 is 1.67 bits per heavy atom. The van der Waals surface area contributed by atoms with Gasteiger partial charge < -0.3 is 0 Å². The van der Waals surface area contributed by atoms with E-state index in [1.165, 1.54) is 0 Å². The topological polar surface area (TPSA) is 17.1 Å². The Hall–Kier alpha value is 0.150. The van der Waals surface area contributed by atoms with Crippen LogP contribution in [0.15, 0.2) is 0 Å². The van der Waals surface area contributed by atoms with Crippen molar-refractivity contribution in [1.82, 2.24) is 0 Å². The first kappa shape index (κ1) is 9.15. The molecule has 0 aliphatic carbocycles. The van der Waals surface area contributed by atoms with Crippen LogP contribution in [-0.2, 0) is 4.79 Å². The summed E-state index contributed by atoms with van der Waals surface area (Å²) in [7, 11) is 0. The van der Waals surface area contributed by atoms with Crippen LogP contribution in [0.5, 0.6) is 0 Å². The van der Waals surface area contributed by atoms with Crippen LogP contribution in [0, 0.1) is 0 Å². The number of carbonyl (C=O) groups is 1. The normalized spacial score (nSPS) is 13.2. The van der Waals surface area contributed by atoms with Crippen LogP contribution in [-0.4, -0.2) is 10.6 Å². The Kier molecular flexibility index (Phi) is 5.06. The summed E-state index contributed by atoms with van der Waals surface area (Å²) < 4.78 is 0. The van der Waals surface area contributed by atoms with Crippen molar-refractivity contribution in [3.8, 4) is 0 Å². The van der Waals surface area contributed by atoms with Crippen LogP contribution in [0.1, 0.15) is 33.1 Å². The summed E-state index contributed by atoms with van der Waals surface area (Å²) in [6.07, 6.45) is 2.37. The Morgan fingerprint density at radius 2 is 2.22 bits per heavy atom. The highest BCUT2D eigenvalue weighted by molar-refractivity contribution is 9.09. The molecule has 0 spiro atoms. The van der Waals surface area contributed by atoms with Crippen molar-refractivity contribution in [2.75, 3.05) is 0 Å². The summed E-state index contributed by atoms with van der Waals surface area (Å²) in [5.41, 5.74) is 0. The molecule has 9 heavy (non-hydrogen) atoms. The van der Waals surface area contributed by atoms with Crippen LogP contribution < -0.4 is 0 Å². The first-order valence-electron chi connectivity index (χ1n) is 3.32. The van der Waals surface area contributed by atoms with E-state index in [2.05, 4.69) is 22.9 Å². The number of Topliss-reactive ketones (excluding diaryl/α,β-unsaturated/α-hetero) is 1. The van der Waals surface area contributed by atoms with Crippen molar-refractivity contribution in [3.05, 3.63) is 0 Å². The van der Waals surface area contributed by atoms with Gasteiger partial charge in [0, 0.05) is 17.7 Å². The van der Waals surface area contributed by atoms with Gasteiger partial charge in [-0.3, -0.25) is 4.79 Å². The van der Waals surface area contributed by atoms with Crippen molar-refractivity contribution in [2.45, 2.75) is 37.9 Å². The number of halogens is 1. The Labute approximate surface area is 65.0 Å². The molecule has 0 saturated heterocycles. The average molecular weight is 193 g/mol. The van der Waals surface area contributed by atoms with Crippen molar-refractivity contribution in [2.24, 2.45) is 0 Å². The van der Waals surface area contributed by atoms with Crippen molar-refractivity contribution in [1.29, 1.82) is 0 Å². The van der Waals surface area contributed by atoms with Gasteiger partial charge in [-0.2, -0.15) is 0 Å². The second-order valence-corrected chi connectivity index (χ2v) is 3.77. The summed E-state index contributed by atoms with van der Waals surface area (Å²) in [5.74, 6) is 0.362. The van der Waals surface area contributed by atoms with Crippen LogP contribution in [0.4, 0.5) is 0 Å². The molecule has 1 nitrogen and oxygen atoms in total. The lowest BCUT2D eigenvalue weighted by Crippen LogP contribution is -1.98. The zero-order chi connectivity index (χ0) is 7.28. The zero-order valence-corrected chi connectivity index (χ0v) is 7.57. The predicted molar refractivity (Wildman–Crippen MR) is 42.9 cm³/mol. The van der Waals surface area contributed by atoms with Crippen molar-refractivity contribution < 1.29 is 4.79 Å². The maximum Gasteiger partial charge on any atom is 0.132 e. The molecule has 0 heterocycles. The zero-order valence-electron chi connectivity index (χ0n) is 5.98. The number of alkyl halides is 1. The first-order chi connectivity index (χ1) is 4.16. The van der Waals surface area contributed by atoms with E-state index in [-0.39, 0.29) is 0 Å². The van der Waals surface area contributed by atoms with Gasteiger partial charge in [-0.15, -0.1) is 0 Å². The van der Waals surface area contributed by atoms with E-state index in [4.69, 9.17) is 0 Å². The quantitative estimate of drug-likeness (QED) is 0.627. The van der Waals surface area contributed by atoms with E-state index in [9.17, 15) is 4.79 Å². The van der Waals surface area contributed by atoms with Gasteiger partial charge >= 0.3 is 0 Å². The second-order valence-electron chi connectivity index (χ2n) is 2.21. The number of hydrogen-bond acceptors (Lipinski definition) is 1. The smallest absolute Gasteiger partial charge is 0.132 e. The molecular formula is C7H13BrO. The van der Waals surface area contributed by atoms with Gasteiger partial charge in [0.25, 0.3) is 0 Å². The molecule has 1 unspecified atom stereocenters. The molecule has 0 bridgehead atoms. The highest BCUT2D eigenvalue weighted by atomic mass is 79.9. The van der Waals surface area contributed by atoms with Crippen molar-refractivity contribution in [3.63, 3.8) is 0 Å². The van der Waals surface area contributed by atoms with E-state index >= 15 is 0 Å². The maximum atomic E-state index is 10.7. The molecule has 0 aliphatic rings. The van der Waals surface area contributed by atoms with E-state index < -0.39 is 0 Å². The van der Waals surface area contributed by atoms with E-state index in [1.54, 1.807) is 0 Å². The number of carbonyl (C=O) groups excluding carboxylic acids is 1. The molecular weight excluding hydrogens is 180 g/mol. The van der Waals surface area contributed by atoms with Gasteiger partial charge in [0.1, 0.15) is 5.78 Å². The summed E-state index contributed by atoms with van der Waals surface area (Å²) in [6.45, 7) is 3.96. The second kappa shape index (κ2) is 4.98. The summed E-state index contributed by atoms with van der Waals surface area (Å²) in [5, 5.41) is 0. The van der Waals surface area contributed by atoms with Gasteiger partial charge in [0.05, 0.1) is 0 Å². The third kappa shape index (κ3) is 6.03. The molecule has 0 radical (unpaired) electrons. The summed E-state index contributed by atoms with van der Waals surface area (Å²) in [4.78, 5) is 11.2. The summed E-state index contributed by atoms with van der Waals surface area (Å²) in [6, 6.07) is 0. The fourth-order valence-corrected chi connectivity index (χ4v) is 0.766. The Morgan fingerprint density at radius 3 is 2.56 bits per heavy atom. The van der Waals surface area contributed by atoms with Gasteiger partial charge in [0.15, 0.2) is 0 Å². The minimum absolute atomic E-state index is 0.362. The molecule has 0 aromatic heterocycles. The highest BCUT2D eigenvalue weighted by Crippen LogP contribution is 2.07. The third-order valence-electron chi connectivity index (χ3n) is 1.22. The molecule has 0 N–H and O–H groups in total. The van der Waals surface area contributed by atoms with Gasteiger partial charge in [-0.1, -0.05) is 29.8 Å². The van der Waals surface area contributed by atoms with Crippen LogP contribution in [0.3, 0.4) is 0 Å². The largest absolute Gasteiger partial charge is 0.300 e. The van der Waals surface area contributed by atoms with Gasteiger partial charge in [-0.05, 0) is 6.42 Å². The highest BCUT2D eigenvalue weighted by Gasteiger charge is 2.00. The van der Waals surface area contributed by atoms with Crippen LogP contribution >= 0.6 is 15.9 Å². The molecule has 1 atom stereocenters. The van der Waals surface area contributed by atoms with Crippen LogP contribution in [0.2, 0.25) is 0 Å². The van der Waals surface area contributed by atoms with Gasteiger partial charge in [-0.25, -0.2) is 0 Å². The lowest BCUT2D eigenvalue weighted by Gasteiger charge is -1.98. The fraction of sp³-hybridized carbons (Fsp3) is 0.857. The Balaban J connectivity index is 3.17. The number of ketones is 1. The molecule has 54 valence electrons. The molecule has 2 heteroatoms. The lowest BCUT2D eigenvalue weighted by molar-refractivity contribution is -0.118. The molecule has 0 aliphatic heterocycles. The third-order valence-corrected chi connectivity index (χ3v) is 1.67. The Bertz CT molecular complexity index is 88.9. The van der Waals surface area contributed by atoms with Crippen molar-refractivity contribution >= 4 is 21.7 Å². The molecule has 0 saturated carbocycles. The van der Waals surface area contributed by atoms with Gasteiger partial charge in [0.2, 0.25) is 0 Å². The molecule has 0 aromatic rings. The molecule has 0 amide bonds. The SMILES string of the molecule is CCC(=O)CCC(C)Br. The summed E-state index contributed by atoms with van der Waals surface area (Å²) >= 11 is 3.38. The monoisotopic (exact) mass is 192 g/mol. The fourth-order valence-electron chi connectivity index (χ4n) is 0.537. The minimum atomic E-state index is 0.362. The minimum Gasteiger partial charge on any atom is -0.300 e.